The summed E-state index contributed by atoms with van der Waals surface area (Å²) < 4.78 is 11.4. The zero-order chi connectivity index (χ0) is 22.0. The van der Waals surface area contributed by atoms with Crippen LogP contribution in [0.1, 0.15) is 38.8 Å². The third kappa shape index (κ3) is 3.98. The molecule has 0 radical (unpaired) electrons. The molecule has 7 heteroatoms. The maximum atomic E-state index is 13.3. The van der Waals surface area contributed by atoms with E-state index in [1.54, 1.807) is 11.7 Å². The molecule has 0 aliphatic carbocycles. The fraction of sp³-hybridized carbons (Fsp3) is 0.304. The van der Waals surface area contributed by atoms with Crippen molar-refractivity contribution in [2.75, 3.05) is 7.11 Å². The lowest BCUT2D eigenvalue weighted by atomic mass is 9.96. The Morgan fingerprint density at radius 3 is 2.27 bits per heavy atom. The number of thiazole rings is 1. The predicted octanol–water partition coefficient (Wildman–Crippen LogP) is 5.35. The van der Waals surface area contributed by atoms with Gasteiger partial charge in [0, 0.05) is 17.3 Å². The number of aromatic nitrogens is 1. The van der Waals surface area contributed by atoms with Crippen LogP contribution >= 0.6 is 11.3 Å². The number of rotatable bonds is 6. The monoisotopic (exact) mass is 427 g/mol. The molecule has 0 bridgehead atoms. The average molecular weight is 428 g/mol. The molecule has 1 aromatic carbocycles. The van der Waals surface area contributed by atoms with E-state index in [-0.39, 0.29) is 40.4 Å². The number of nitrogens with zero attached hydrogens (tertiary/aromatic N) is 1. The van der Waals surface area contributed by atoms with Crippen molar-refractivity contribution in [2.45, 2.75) is 40.5 Å². The van der Waals surface area contributed by atoms with Gasteiger partial charge >= 0.3 is 0 Å². The van der Waals surface area contributed by atoms with Crippen LogP contribution in [0.15, 0.2) is 44.2 Å². The van der Waals surface area contributed by atoms with E-state index in [0.717, 1.165) is 11.1 Å². The second kappa shape index (κ2) is 8.75. The molecule has 3 rings (SSSR count). The van der Waals surface area contributed by atoms with Crippen LogP contribution in [0.2, 0.25) is 0 Å². The number of aromatic hydroxyl groups is 2. The topological polar surface area (TPSA) is 92.8 Å². The second-order valence-corrected chi connectivity index (χ2v) is 8.38. The first-order chi connectivity index (χ1) is 14.3. The summed E-state index contributed by atoms with van der Waals surface area (Å²) >= 11 is 1.30. The minimum Gasteiger partial charge on any atom is -0.507 e. The lowest BCUT2D eigenvalue weighted by molar-refractivity contribution is 0.396. The molecular weight excluding hydrogens is 402 g/mol. The highest BCUT2D eigenvalue weighted by Crippen LogP contribution is 2.43. The molecule has 0 unspecified atom stereocenters. The molecule has 0 saturated carbocycles. The van der Waals surface area contributed by atoms with Crippen molar-refractivity contribution in [1.29, 1.82) is 0 Å². The van der Waals surface area contributed by atoms with E-state index in [4.69, 9.17) is 9.15 Å². The van der Waals surface area contributed by atoms with E-state index in [0.29, 0.717) is 22.4 Å². The van der Waals surface area contributed by atoms with E-state index in [1.165, 1.54) is 18.4 Å². The smallest absolute Gasteiger partial charge is 0.239 e. The zero-order valence-electron chi connectivity index (χ0n) is 17.7. The lowest BCUT2D eigenvalue weighted by Crippen LogP contribution is -2.10. The van der Waals surface area contributed by atoms with Gasteiger partial charge in [0.05, 0.1) is 17.5 Å². The van der Waals surface area contributed by atoms with Crippen molar-refractivity contribution in [3.8, 4) is 27.9 Å². The Balaban J connectivity index is 2.45. The summed E-state index contributed by atoms with van der Waals surface area (Å²) in [5, 5.41) is 22.0. The molecule has 0 atom stereocenters. The Morgan fingerprint density at radius 2 is 1.73 bits per heavy atom. The van der Waals surface area contributed by atoms with Gasteiger partial charge in [0.2, 0.25) is 11.2 Å². The summed E-state index contributed by atoms with van der Waals surface area (Å²) in [6, 6.07) is 0. The van der Waals surface area contributed by atoms with Crippen molar-refractivity contribution >= 4 is 22.3 Å². The van der Waals surface area contributed by atoms with E-state index >= 15 is 0 Å². The average Bonchev–Trinajstić information content (AvgIpc) is 3.21. The number of hydrogen-bond acceptors (Lipinski definition) is 7. The summed E-state index contributed by atoms with van der Waals surface area (Å²) in [6.45, 7) is 7.76. The number of benzene rings is 1. The summed E-state index contributed by atoms with van der Waals surface area (Å²) in [6.07, 6.45) is 6.04. The van der Waals surface area contributed by atoms with Crippen molar-refractivity contribution in [1.82, 2.24) is 4.98 Å². The highest BCUT2D eigenvalue weighted by Gasteiger charge is 2.26. The second-order valence-electron chi connectivity index (χ2n) is 7.49. The molecule has 2 aromatic heterocycles. The summed E-state index contributed by atoms with van der Waals surface area (Å²) in [7, 11) is 1.38. The van der Waals surface area contributed by atoms with Crippen LogP contribution < -0.4 is 10.2 Å². The third-order valence-corrected chi connectivity index (χ3v) is 5.50. The van der Waals surface area contributed by atoms with Crippen LogP contribution in [0.5, 0.6) is 17.2 Å². The zero-order valence-corrected chi connectivity index (χ0v) is 18.5. The number of fused-ring (bicyclic) bond motifs is 1. The Bertz CT molecular complexity index is 1200. The molecule has 0 spiro atoms. The maximum absolute atomic E-state index is 13.3. The Labute approximate surface area is 178 Å². The highest BCUT2D eigenvalue weighted by molar-refractivity contribution is 7.13. The van der Waals surface area contributed by atoms with Gasteiger partial charge in [-0.05, 0) is 40.5 Å². The first kappa shape index (κ1) is 21.6. The van der Waals surface area contributed by atoms with Gasteiger partial charge in [0.1, 0.15) is 22.5 Å². The maximum Gasteiger partial charge on any atom is 0.239 e. The molecule has 6 nitrogen and oxygen atoms in total. The van der Waals surface area contributed by atoms with Gasteiger partial charge in [-0.15, -0.1) is 11.3 Å². The quantitative estimate of drug-likeness (QED) is 0.515. The molecule has 0 amide bonds. The lowest BCUT2D eigenvalue weighted by Gasteiger charge is -2.16. The van der Waals surface area contributed by atoms with Gasteiger partial charge in [-0.3, -0.25) is 9.78 Å². The summed E-state index contributed by atoms with van der Waals surface area (Å²) in [5.74, 6) is -0.136. The van der Waals surface area contributed by atoms with Crippen molar-refractivity contribution in [3.63, 3.8) is 0 Å². The predicted molar refractivity (Wildman–Crippen MR) is 120 cm³/mol. The van der Waals surface area contributed by atoms with Gasteiger partial charge in [-0.1, -0.05) is 23.3 Å². The molecule has 0 fully saturated rings. The largest absolute Gasteiger partial charge is 0.507 e. The molecule has 0 aliphatic rings. The Kier molecular flexibility index (Phi) is 6.31. The highest BCUT2D eigenvalue weighted by atomic mass is 32.1. The first-order valence-corrected chi connectivity index (χ1v) is 10.4. The number of ether oxygens (including phenoxy) is 1. The molecule has 0 saturated heterocycles. The number of phenols is 2. The van der Waals surface area contributed by atoms with Gasteiger partial charge in [0.25, 0.3) is 0 Å². The Hall–Kier alpha value is -3.06. The molecule has 158 valence electrons. The van der Waals surface area contributed by atoms with Crippen molar-refractivity contribution in [2.24, 2.45) is 0 Å². The molecule has 2 heterocycles. The van der Waals surface area contributed by atoms with E-state index in [2.05, 4.69) is 4.98 Å². The van der Waals surface area contributed by atoms with Crippen LogP contribution in [-0.2, 0) is 12.8 Å². The van der Waals surface area contributed by atoms with Gasteiger partial charge in [-0.25, -0.2) is 0 Å². The number of phenolic OH excluding ortho intramolecular Hbond substituents is 2. The summed E-state index contributed by atoms with van der Waals surface area (Å²) in [5.41, 5.74) is 4.12. The van der Waals surface area contributed by atoms with Crippen molar-refractivity contribution in [3.05, 3.63) is 56.4 Å². The normalized spacial score (nSPS) is 10.8. The van der Waals surface area contributed by atoms with Gasteiger partial charge < -0.3 is 19.4 Å². The van der Waals surface area contributed by atoms with Gasteiger partial charge in [0.15, 0.2) is 5.76 Å². The van der Waals surface area contributed by atoms with Crippen LogP contribution in [0.3, 0.4) is 0 Å². The molecular formula is C23H25NO5S. The Morgan fingerprint density at radius 1 is 1.10 bits per heavy atom. The minimum absolute atomic E-state index is 0.00549. The molecule has 0 aliphatic heterocycles. The fourth-order valence-electron chi connectivity index (χ4n) is 3.17. The molecule has 3 aromatic rings. The fourth-order valence-corrected chi connectivity index (χ4v) is 3.77. The van der Waals surface area contributed by atoms with E-state index in [1.807, 2.05) is 39.8 Å². The standard InChI is InChI=1S/C23H25NO5S/c1-12(2)6-8-14-18(25)15(9-7-13(3)4)21-17(19(14)26)20(27)23(28-5)22(29-21)16-10-24-11-30-16/h6-7,10-11,25-26H,8-9H2,1-5H3. The molecule has 2 N–H and O–H groups in total. The van der Waals surface area contributed by atoms with Crippen molar-refractivity contribution < 1.29 is 19.4 Å². The number of allylic oxidation sites excluding steroid dienone is 4. The summed E-state index contributed by atoms with van der Waals surface area (Å²) in [4.78, 5) is 18.0. The minimum atomic E-state index is -0.489. The van der Waals surface area contributed by atoms with Crippen LogP contribution in [0, 0.1) is 0 Å². The van der Waals surface area contributed by atoms with Crippen LogP contribution in [-0.4, -0.2) is 22.3 Å². The third-order valence-electron chi connectivity index (χ3n) is 4.73. The molecule has 30 heavy (non-hydrogen) atoms. The van der Waals surface area contributed by atoms with E-state index < -0.39 is 5.43 Å². The van der Waals surface area contributed by atoms with Gasteiger partial charge in [-0.2, -0.15) is 0 Å². The van der Waals surface area contributed by atoms with Crippen LogP contribution in [0.4, 0.5) is 0 Å². The first-order valence-electron chi connectivity index (χ1n) is 9.52. The number of hydrogen-bond donors (Lipinski definition) is 2. The number of methoxy groups -OCH3 is 1. The van der Waals surface area contributed by atoms with Crippen LogP contribution in [0.25, 0.3) is 21.6 Å². The SMILES string of the molecule is COc1c(-c2cncs2)oc2c(CC=C(C)C)c(O)c(CC=C(C)C)c(O)c2c1=O. The van der Waals surface area contributed by atoms with E-state index in [9.17, 15) is 15.0 Å².